The summed E-state index contributed by atoms with van der Waals surface area (Å²) in [5.41, 5.74) is 0.965. The van der Waals surface area contributed by atoms with E-state index in [4.69, 9.17) is 9.52 Å². The number of ketones is 1. The first-order chi connectivity index (χ1) is 11.0. The number of aromatic carboxylic acids is 1. The largest absolute Gasteiger partial charge is 0.506 e. The molecular formula is C17H16O6. The van der Waals surface area contributed by atoms with E-state index in [9.17, 15) is 19.5 Å². The summed E-state index contributed by atoms with van der Waals surface area (Å²) >= 11 is 0. The zero-order valence-electron chi connectivity index (χ0n) is 12.6. The van der Waals surface area contributed by atoms with E-state index in [1.165, 1.54) is 0 Å². The zero-order chi connectivity index (χ0) is 16.7. The fourth-order valence-electron chi connectivity index (χ4n) is 3.23. The van der Waals surface area contributed by atoms with Gasteiger partial charge in [0, 0.05) is 12.5 Å². The van der Waals surface area contributed by atoms with Crippen molar-refractivity contribution < 1.29 is 24.2 Å². The summed E-state index contributed by atoms with van der Waals surface area (Å²) in [6.07, 6.45) is 2.87. The van der Waals surface area contributed by atoms with Gasteiger partial charge >= 0.3 is 5.97 Å². The summed E-state index contributed by atoms with van der Waals surface area (Å²) in [6.45, 7) is 1.94. The van der Waals surface area contributed by atoms with E-state index in [2.05, 4.69) is 0 Å². The van der Waals surface area contributed by atoms with E-state index in [0.29, 0.717) is 36.8 Å². The maximum atomic E-state index is 12.3. The Kier molecular flexibility index (Phi) is 3.67. The fourth-order valence-corrected chi connectivity index (χ4v) is 3.23. The first-order valence-corrected chi connectivity index (χ1v) is 7.56. The molecule has 0 amide bonds. The van der Waals surface area contributed by atoms with Gasteiger partial charge in [0.15, 0.2) is 11.2 Å². The lowest BCUT2D eigenvalue weighted by Gasteiger charge is -2.21. The van der Waals surface area contributed by atoms with Crippen LogP contribution in [0.3, 0.4) is 0 Å². The van der Waals surface area contributed by atoms with Gasteiger partial charge in [-0.3, -0.25) is 9.59 Å². The van der Waals surface area contributed by atoms with Crippen molar-refractivity contribution in [3.05, 3.63) is 38.7 Å². The molecule has 6 heteroatoms. The quantitative estimate of drug-likeness (QED) is 0.902. The second-order valence-electron chi connectivity index (χ2n) is 5.69. The van der Waals surface area contributed by atoms with Crippen molar-refractivity contribution in [2.45, 2.75) is 39.0 Å². The standard InChI is InChI=1S/C17H16O6/c1-2-4-9-8-5-3-6-10(18)13(8)15(20)14-11(19)7-12(17(21)22)23-16(9)14/h7,20H,2-6H2,1H3,(H,21,22). The molecule has 0 fully saturated rings. The van der Waals surface area contributed by atoms with E-state index in [0.717, 1.165) is 12.5 Å². The number of benzene rings is 1. The molecule has 0 unspecified atom stereocenters. The minimum atomic E-state index is -1.35. The highest BCUT2D eigenvalue weighted by molar-refractivity contribution is 6.07. The zero-order valence-corrected chi connectivity index (χ0v) is 12.6. The van der Waals surface area contributed by atoms with Crippen LogP contribution < -0.4 is 5.43 Å². The first kappa shape index (κ1) is 15.3. The number of hydrogen-bond acceptors (Lipinski definition) is 5. The Labute approximate surface area is 131 Å². The summed E-state index contributed by atoms with van der Waals surface area (Å²) in [7, 11) is 0. The number of rotatable bonds is 3. The summed E-state index contributed by atoms with van der Waals surface area (Å²) in [4.78, 5) is 35.6. The number of carbonyl (C=O) groups is 2. The van der Waals surface area contributed by atoms with Crippen LogP contribution in [0, 0.1) is 0 Å². The molecule has 23 heavy (non-hydrogen) atoms. The van der Waals surface area contributed by atoms with E-state index in [1.807, 2.05) is 6.92 Å². The molecule has 1 aromatic heterocycles. The van der Waals surface area contributed by atoms with E-state index in [1.54, 1.807) is 0 Å². The van der Waals surface area contributed by atoms with Crippen LogP contribution in [0.4, 0.5) is 0 Å². The molecule has 120 valence electrons. The minimum Gasteiger partial charge on any atom is -0.506 e. The SMILES string of the molecule is CCCc1c2c(c(O)c3c(=O)cc(C(=O)O)oc13)C(=O)CCC2. The van der Waals surface area contributed by atoms with Crippen molar-refractivity contribution in [1.29, 1.82) is 0 Å². The molecule has 2 N–H and O–H groups in total. The van der Waals surface area contributed by atoms with Gasteiger partial charge in [-0.25, -0.2) is 4.79 Å². The van der Waals surface area contributed by atoms with Gasteiger partial charge in [-0.1, -0.05) is 13.3 Å². The lowest BCUT2D eigenvalue weighted by Crippen LogP contribution is -2.17. The molecule has 1 heterocycles. The average molecular weight is 316 g/mol. The van der Waals surface area contributed by atoms with Crippen LogP contribution in [0.1, 0.15) is 58.2 Å². The van der Waals surface area contributed by atoms with Crippen molar-refractivity contribution in [2.75, 3.05) is 0 Å². The van der Waals surface area contributed by atoms with Gasteiger partial charge in [-0.15, -0.1) is 0 Å². The van der Waals surface area contributed by atoms with Crippen LogP contribution in [0.15, 0.2) is 15.3 Å². The Hall–Kier alpha value is -2.63. The third-order valence-corrected chi connectivity index (χ3v) is 4.18. The van der Waals surface area contributed by atoms with Gasteiger partial charge < -0.3 is 14.6 Å². The highest BCUT2D eigenvalue weighted by Gasteiger charge is 2.29. The fraction of sp³-hybridized carbons (Fsp3) is 0.353. The number of carboxylic acids is 1. The third kappa shape index (κ3) is 2.30. The number of aryl methyl sites for hydroxylation is 1. The van der Waals surface area contributed by atoms with Gasteiger partial charge in [0.1, 0.15) is 16.7 Å². The average Bonchev–Trinajstić information content (AvgIpc) is 2.50. The van der Waals surface area contributed by atoms with Crippen LogP contribution in [-0.4, -0.2) is 22.0 Å². The molecule has 1 aliphatic carbocycles. The topological polar surface area (TPSA) is 105 Å². The van der Waals surface area contributed by atoms with E-state index < -0.39 is 17.2 Å². The summed E-state index contributed by atoms with van der Waals surface area (Å²) in [5, 5.41) is 19.4. The number of phenolic OH excluding ortho intramolecular Hbond substituents is 1. The van der Waals surface area contributed by atoms with Crippen molar-refractivity contribution in [2.24, 2.45) is 0 Å². The highest BCUT2D eigenvalue weighted by Crippen LogP contribution is 2.38. The van der Waals surface area contributed by atoms with Gasteiger partial charge in [0.25, 0.3) is 0 Å². The smallest absolute Gasteiger partial charge is 0.371 e. The maximum Gasteiger partial charge on any atom is 0.371 e. The number of phenols is 1. The number of aromatic hydroxyl groups is 1. The number of carboxylic acid groups (broad SMARTS) is 1. The molecule has 0 spiro atoms. The molecule has 3 rings (SSSR count). The lowest BCUT2D eigenvalue weighted by atomic mass is 9.83. The highest BCUT2D eigenvalue weighted by atomic mass is 16.4. The Bertz CT molecular complexity index is 890. The van der Waals surface area contributed by atoms with Crippen molar-refractivity contribution in [3.8, 4) is 5.75 Å². The molecule has 0 atom stereocenters. The molecule has 0 radical (unpaired) electrons. The lowest BCUT2D eigenvalue weighted by molar-refractivity contribution is 0.0662. The van der Waals surface area contributed by atoms with Crippen molar-refractivity contribution in [3.63, 3.8) is 0 Å². The monoisotopic (exact) mass is 316 g/mol. The number of fused-ring (bicyclic) bond motifs is 2. The summed E-state index contributed by atoms with van der Waals surface area (Å²) < 4.78 is 5.40. The van der Waals surface area contributed by atoms with Gasteiger partial charge in [-0.2, -0.15) is 0 Å². The summed E-state index contributed by atoms with van der Waals surface area (Å²) in [5.74, 6) is -2.39. The number of hydrogen-bond donors (Lipinski definition) is 2. The van der Waals surface area contributed by atoms with Crippen molar-refractivity contribution in [1.82, 2.24) is 0 Å². The molecule has 1 aliphatic rings. The third-order valence-electron chi connectivity index (χ3n) is 4.18. The molecule has 0 saturated carbocycles. The van der Waals surface area contributed by atoms with E-state index >= 15 is 0 Å². The van der Waals surface area contributed by atoms with E-state index in [-0.39, 0.29) is 28.1 Å². The molecule has 0 aliphatic heterocycles. The molecule has 1 aromatic carbocycles. The molecular weight excluding hydrogens is 300 g/mol. The minimum absolute atomic E-state index is 0.0858. The second-order valence-corrected chi connectivity index (χ2v) is 5.69. The number of Topliss-reactive ketones (excluding diaryl/α,β-unsaturated/α-hetero) is 1. The second kappa shape index (κ2) is 5.53. The van der Waals surface area contributed by atoms with Crippen LogP contribution in [-0.2, 0) is 12.8 Å². The molecule has 0 bridgehead atoms. The van der Waals surface area contributed by atoms with Crippen LogP contribution in [0.2, 0.25) is 0 Å². The first-order valence-electron chi connectivity index (χ1n) is 7.56. The normalized spacial score (nSPS) is 14.0. The van der Waals surface area contributed by atoms with Crippen LogP contribution in [0.25, 0.3) is 11.0 Å². The summed E-state index contributed by atoms with van der Waals surface area (Å²) in [6, 6.07) is 0.833. The van der Waals surface area contributed by atoms with Crippen molar-refractivity contribution >= 4 is 22.7 Å². The predicted octanol–water partition coefficient (Wildman–Crippen LogP) is 2.67. The van der Waals surface area contributed by atoms with Crippen LogP contribution in [0.5, 0.6) is 5.75 Å². The molecule has 6 nitrogen and oxygen atoms in total. The Morgan fingerprint density at radius 2 is 2.04 bits per heavy atom. The Balaban J connectivity index is 2.50. The van der Waals surface area contributed by atoms with Crippen LogP contribution >= 0.6 is 0 Å². The Morgan fingerprint density at radius 3 is 2.70 bits per heavy atom. The van der Waals surface area contributed by atoms with Gasteiger partial charge in [-0.05, 0) is 30.4 Å². The Morgan fingerprint density at radius 1 is 1.30 bits per heavy atom. The molecule has 2 aromatic rings. The van der Waals surface area contributed by atoms with Gasteiger partial charge in [0.05, 0.1) is 5.56 Å². The predicted molar refractivity (Wildman–Crippen MR) is 82.4 cm³/mol. The number of carbonyl (C=O) groups excluding carboxylic acids is 1. The molecule has 0 saturated heterocycles. The maximum absolute atomic E-state index is 12.3. The van der Waals surface area contributed by atoms with Gasteiger partial charge in [0.2, 0.25) is 5.76 Å².